The van der Waals surface area contributed by atoms with Crippen LogP contribution in [0.1, 0.15) is 40.7 Å². The number of aliphatic imine (C=N–C) groups is 1. The molecule has 29 heavy (non-hydrogen) atoms. The van der Waals surface area contributed by atoms with Gasteiger partial charge >= 0.3 is 5.97 Å². The van der Waals surface area contributed by atoms with Crippen molar-refractivity contribution in [2.75, 3.05) is 12.4 Å². The Balaban J connectivity index is 1.94. The van der Waals surface area contributed by atoms with Gasteiger partial charge in [-0.25, -0.2) is 4.79 Å². The summed E-state index contributed by atoms with van der Waals surface area (Å²) in [4.78, 5) is 16.4. The first-order chi connectivity index (χ1) is 14.0. The van der Waals surface area contributed by atoms with E-state index in [2.05, 4.69) is 54.5 Å². The van der Waals surface area contributed by atoms with Gasteiger partial charge in [-0.1, -0.05) is 30.3 Å². The summed E-state index contributed by atoms with van der Waals surface area (Å²) in [5, 5.41) is 3.24. The summed E-state index contributed by atoms with van der Waals surface area (Å²) < 4.78 is 4.88. The molecule has 2 unspecified atom stereocenters. The molecule has 0 radical (unpaired) electrons. The fourth-order valence-electron chi connectivity index (χ4n) is 3.99. The van der Waals surface area contributed by atoms with Gasteiger partial charge in [-0.05, 0) is 61.1 Å². The molecule has 0 amide bonds. The second kappa shape index (κ2) is 8.95. The van der Waals surface area contributed by atoms with Gasteiger partial charge in [-0.3, -0.25) is 4.99 Å². The summed E-state index contributed by atoms with van der Waals surface area (Å²) in [6, 6.07) is 12.4. The third-order valence-electron chi connectivity index (χ3n) is 5.68. The minimum Gasteiger partial charge on any atom is -0.467 e. The molecule has 0 saturated heterocycles. The maximum absolute atomic E-state index is 11.9. The van der Waals surface area contributed by atoms with Gasteiger partial charge < -0.3 is 15.8 Å². The van der Waals surface area contributed by atoms with Crippen LogP contribution in [0.2, 0.25) is 0 Å². The van der Waals surface area contributed by atoms with Gasteiger partial charge in [0.05, 0.1) is 12.8 Å². The predicted molar refractivity (Wildman–Crippen MR) is 118 cm³/mol. The van der Waals surface area contributed by atoms with E-state index in [1.165, 1.54) is 29.4 Å². The number of ether oxygens (including phenoxy) is 1. The highest BCUT2D eigenvalue weighted by molar-refractivity contribution is 5.82. The predicted octanol–water partition coefficient (Wildman–Crippen LogP) is 4.03. The third-order valence-corrected chi connectivity index (χ3v) is 5.68. The van der Waals surface area contributed by atoms with Crippen molar-refractivity contribution in [3.8, 4) is 0 Å². The average Bonchev–Trinajstić information content (AvgIpc) is 3.15. The average molecular weight is 392 g/mol. The molecule has 0 bridgehead atoms. The lowest BCUT2D eigenvalue weighted by Gasteiger charge is -2.21. The van der Waals surface area contributed by atoms with Crippen molar-refractivity contribution >= 4 is 17.9 Å². The SMILES string of the molecule is CC=N/C(=C\N)C(Cc1ccc2c(c1)CC(C(=O)OC)N2)c1cccc(C)c1C. The molecular weight excluding hydrogens is 362 g/mol. The van der Waals surface area contributed by atoms with Crippen molar-refractivity contribution in [3.63, 3.8) is 0 Å². The minimum absolute atomic E-state index is 0.0555. The van der Waals surface area contributed by atoms with E-state index < -0.39 is 0 Å². The van der Waals surface area contributed by atoms with Crippen LogP contribution in [0, 0.1) is 13.8 Å². The van der Waals surface area contributed by atoms with Gasteiger partial charge in [0.1, 0.15) is 6.04 Å². The van der Waals surface area contributed by atoms with Crippen LogP contribution in [0.15, 0.2) is 53.3 Å². The number of hydrogen-bond acceptors (Lipinski definition) is 5. The van der Waals surface area contributed by atoms with E-state index in [0.717, 1.165) is 23.4 Å². The molecule has 0 aromatic heterocycles. The molecule has 1 aliphatic rings. The number of rotatable bonds is 6. The number of fused-ring (bicyclic) bond motifs is 1. The van der Waals surface area contributed by atoms with Crippen LogP contribution >= 0.6 is 0 Å². The van der Waals surface area contributed by atoms with E-state index in [1.54, 1.807) is 12.4 Å². The standard InChI is InChI=1S/C24H29N3O2/c1-5-26-23(14-25)20(19-8-6-7-15(2)16(19)3)12-17-9-10-21-18(11-17)13-22(27-21)24(28)29-4/h5-11,14,20,22,27H,12-13,25H2,1-4H3/b23-14-,26-5?. The number of hydrogen-bond donors (Lipinski definition) is 2. The molecule has 152 valence electrons. The van der Waals surface area contributed by atoms with Crippen molar-refractivity contribution in [3.05, 3.63) is 76.1 Å². The Kier molecular flexibility index (Phi) is 6.37. The Labute approximate surface area is 172 Å². The Hall–Kier alpha value is -3.08. The number of benzene rings is 2. The van der Waals surface area contributed by atoms with Gasteiger partial charge in [-0.15, -0.1) is 0 Å². The van der Waals surface area contributed by atoms with Crippen molar-refractivity contribution < 1.29 is 9.53 Å². The van der Waals surface area contributed by atoms with Gasteiger partial charge in [0.25, 0.3) is 0 Å². The van der Waals surface area contributed by atoms with E-state index in [-0.39, 0.29) is 17.9 Å². The summed E-state index contributed by atoms with van der Waals surface area (Å²) in [5.74, 6) is -0.179. The molecule has 3 N–H and O–H groups in total. The van der Waals surface area contributed by atoms with Gasteiger partial charge in [0, 0.05) is 30.4 Å². The van der Waals surface area contributed by atoms with Gasteiger partial charge in [0.15, 0.2) is 0 Å². The number of carbonyl (C=O) groups excluding carboxylic acids is 1. The first kappa shape index (κ1) is 20.6. The topological polar surface area (TPSA) is 76.7 Å². The van der Waals surface area contributed by atoms with E-state index in [1.807, 2.05) is 13.0 Å². The molecule has 0 saturated carbocycles. The molecule has 0 spiro atoms. The van der Waals surface area contributed by atoms with Crippen molar-refractivity contribution in [2.24, 2.45) is 10.7 Å². The van der Waals surface area contributed by atoms with Crippen LogP contribution in [-0.4, -0.2) is 25.3 Å². The number of nitrogens with one attached hydrogen (secondary N) is 1. The van der Waals surface area contributed by atoms with Gasteiger partial charge in [-0.2, -0.15) is 0 Å². The van der Waals surface area contributed by atoms with Crippen LogP contribution in [0.3, 0.4) is 0 Å². The van der Waals surface area contributed by atoms with E-state index in [4.69, 9.17) is 10.5 Å². The van der Waals surface area contributed by atoms with Crippen LogP contribution in [0.25, 0.3) is 0 Å². The fourth-order valence-corrected chi connectivity index (χ4v) is 3.99. The molecule has 2 atom stereocenters. The molecular formula is C24H29N3O2. The molecule has 1 aliphatic heterocycles. The first-order valence-corrected chi connectivity index (χ1v) is 9.91. The lowest BCUT2D eigenvalue weighted by Crippen LogP contribution is -2.27. The number of anilines is 1. The number of carbonyl (C=O) groups is 1. The minimum atomic E-state index is -0.316. The molecule has 5 heteroatoms. The smallest absolute Gasteiger partial charge is 0.328 e. The fraction of sp³-hybridized carbons (Fsp3) is 0.333. The molecule has 0 aliphatic carbocycles. The highest BCUT2D eigenvalue weighted by Crippen LogP contribution is 2.34. The molecule has 3 rings (SSSR count). The largest absolute Gasteiger partial charge is 0.467 e. The highest BCUT2D eigenvalue weighted by atomic mass is 16.5. The Bertz CT molecular complexity index is 963. The Morgan fingerprint density at radius 2 is 2.14 bits per heavy atom. The maximum atomic E-state index is 11.9. The molecule has 2 aromatic rings. The van der Waals surface area contributed by atoms with Crippen molar-refractivity contribution in [2.45, 2.75) is 45.6 Å². The summed E-state index contributed by atoms with van der Waals surface area (Å²) in [6.07, 6.45) is 4.80. The first-order valence-electron chi connectivity index (χ1n) is 9.91. The van der Waals surface area contributed by atoms with Gasteiger partial charge in [0.2, 0.25) is 0 Å². The van der Waals surface area contributed by atoms with Crippen LogP contribution < -0.4 is 11.1 Å². The zero-order valence-electron chi connectivity index (χ0n) is 17.5. The summed E-state index contributed by atoms with van der Waals surface area (Å²) in [7, 11) is 1.42. The Morgan fingerprint density at radius 1 is 1.34 bits per heavy atom. The number of aryl methyl sites for hydroxylation is 1. The van der Waals surface area contributed by atoms with Crippen molar-refractivity contribution in [1.29, 1.82) is 0 Å². The molecule has 1 heterocycles. The van der Waals surface area contributed by atoms with E-state index in [0.29, 0.717) is 6.42 Å². The number of nitrogens with two attached hydrogens (primary N) is 1. The quantitative estimate of drug-likeness (QED) is 0.576. The van der Waals surface area contributed by atoms with Crippen molar-refractivity contribution in [1.82, 2.24) is 0 Å². The molecule has 2 aromatic carbocycles. The van der Waals surface area contributed by atoms with Crippen LogP contribution in [-0.2, 0) is 22.4 Å². The second-order valence-electron chi connectivity index (χ2n) is 7.44. The maximum Gasteiger partial charge on any atom is 0.328 e. The number of allylic oxidation sites excluding steroid dienone is 1. The molecule has 5 nitrogen and oxygen atoms in total. The number of esters is 1. The highest BCUT2D eigenvalue weighted by Gasteiger charge is 2.28. The second-order valence-corrected chi connectivity index (χ2v) is 7.44. The van der Waals surface area contributed by atoms with E-state index in [9.17, 15) is 4.79 Å². The van der Waals surface area contributed by atoms with E-state index >= 15 is 0 Å². The lowest BCUT2D eigenvalue weighted by molar-refractivity contribution is -0.141. The van der Waals surface area contributed by atoms with Crippen LogP contribution in [0.5, 0.6) is 0 Å². The zero-order chi connectivity index (χ0) is 21.0. The Morgan fingerprint density at radius 3 is 2.83 bits per heavy atom. The lowest BCUT2D eigenvalue weighted by atomic mass is 9.85. The van der Waals surface area contributed by atoms with Crippen LogP contribution in [0.4, 0.5) is 5.69 Å². The normalized spacial score (nSPS) is 17.1. The molecule has 0 fully saturated rings. The third kappa shape index (κ3) is 4.34. The monoisotopic (exact) mass is 391 g/mol. The number of nitrogens with zero attached hydrogens (tertiary/aromatic N) is 1. The number of methoxy groups -OCH3 is 1. The summed E-state index contributed by atoms with van der Waals surface area (Å²) in [5.41, 5.74) is 13.9. The summed E-state index contributed by atoms with van der Waals surface area (Å²) in [6.45, 7) is 6.17. The summed E-state index contributed by atoms with van der Waals surface area (Å²) >= 11 is 0. The zero-order valence-corrected chi connectivity index (χ0v) is 17.5.